The number of aliphatic hydroxyl groups excluding tert-OH is 6. The van der Waals surface area contributed by atoms with Crippen molar-refractivity contribution in [3.8, 4) is 62.9 Å². The molecule has 7 aliphatic rings. The summed E-state index contributed by atoms with van der Waals surface area (Å²) in [5.41, 5.74) is 8.67. The van der Waals surface area contributed by atoms with Crippen LogP contribution in [0.5, 0.6) is 51.7 Å². The van der Waals surface area contributed by atoms with Crippen molar-refractivity contribution < 1.29 is 123 Å². The summed E-state index contributed by atoms with van der Waals surface area (Å²) < 4.78 is 44.5. The number of rotatable bonds is 16. The number of nitrogens with one attached hydrogen (secondary N) is 7. The number of aliphatic carboxylic acids is 1. The normalized spacial score (nSPS) is 28.1. The average Bonchev–Trinajstić information content (AvgIpc) is 0.759. The first-order valence-corrected chi connectivity index (χ1v) is 35.0. The van der Waals surface area contributed by atoms with Gasteiger partial charge in [-0.1, -0.05) is 67.4 Å². The van der Waals surface area contributed by atoms with E-state index in [0.29, 0.717) is 5.75 Å². The number of benzene rings is 6. The summed E-state index contributed by atoms with van der Waals surface area (Å²) in [6.07, 6.45) is -18.8. The fourth-order valence-electron chi connectivity index (χ4n) is 13.5. The maximum Gasteiger partial charge on any atom is 0.330 e. The van der Waals surface area contributed by atoms with E-state index in [1.807, 2.05) is 0 Å². The highest BCUT2D eigenvalue weighted by atomic mass is 35.5. The van der Waals surface area contributed by atoms with Crippen molar-refractivity contribution in [1.29, 1.82) is 0 Å². The van der Waals surface area contributed by atoms with E-state index in [1.165, 1.54) is 19.2 Å². The van der Waals surface area contributed by atoms with Crippen molar-refractivity contribution in [1.82, 2.24) is 37.2 Å². The summed E-state index contributed by atoms with van der Waals surface area (Å²) in [6, 6.07) is 5.97. The highest BCUT2D eigenvalue weighted by Crippen LogP contribution is 2.50. The number of ether oxygens (including phenoxy) is 7. The number of carbonyl (C=O) groups is 8. The van der Waals surface area contributed by atoms with E-state index >= 15 is 14.4 Å². The Bertz CT molecular complexity index is 4500. The molecule has 0 saturated carbocycles. The minimum Gasteiger partial charge on any atom is -0.508 e. The molecule has 18 atom stereocenters. The van der Waals surface area contributed by atoms with Crippen LogP contribution in [0.25, 0.3) is 11.1 Å². The molecule has 6 aromatic rings. The Hall–Kier alpha value is -10.2. The zero-order valence-corrected chi connectivity index (χ0v) is 60.3. The van der Waals surface area contributed by atoms with Crippen LogP contribution in [0, 0.1) is 5.92 Å². The number of hydrogen-bond donors (Lipinski definition) is 19. The molecule has 21 N–H and O–H groups in total. The van der Waals surface area contributed by atoms with E-state index in [9.17, 15) is 75.0 Å². The molecular weight excluding hydrogens is 1470 g/mol. The van der Waals surface area contributed by atoms with Gasteiger partial charge in [0.1, 0.15) is 95.2 Å². The van der Waals surface area contributed by atoms with Gasteiger partial charge in [0.05, 0.1) is 48.4 Å². The number of halogens is 2. The van der Waals surface area contributed by atoms with E-state index in [1.54, 1.807) is 52.0 Å². The SMILES string of the molecule is COc1ccc(CN[C@@]2(C)C[C@H](O[C@H]3[C@H](Oc4c5cc6cc4Oc4ccc(cc4Cl)[C@@H](O)[C@@H](NC(=O)[C@H](N)CC(C)C)C(=O)N[C@@H](CC(N)=O)C(=O)N[C@H]6C(=O)N[C@H]4C(=O)N[C@H](C(=O)N[C@H](C(=O)O)c6cc(O)cc(O)c6-c6cc4ccc6O)[C@H](O)c4ccc(c(Cl)c4)O5)O[C@H](CO)[C@@H](O)[C@@H]3O)O[C@@H](C)[C@H]2O)cc1. The van der Waals surface area contributed by atoms with Crippen molar-refractivity contribution >= 4 is 70.5 Å². The average molecular weight is 1560 g/mol. The van der Waals surface area contributed by atoms with Gasteiger partial charge in [-0.3, -0.25) is 33.6 Å². The number of carboxylic acid groups (broad SMARTS) is 1. The molecule has 7 heterocycles. The quantitative estimate of drug-likeness (QED) is 0.0655. The summed E-state index contributed by atoms with van der Waals surface area (Å²) in [5.74, 6) is -15.8. The third kappa shape index (κ3) is 17.3. The first-order valence-electron chi connectivity index (χ1n) is 34.3. The number of carboxylic acids is 1. The van der Waals surface area contributed by atoms with Crippen molar-refractivity contribution in [3.05, 3.63) is 147 Å². The molecule has 0 spiro atoms. The van der Waals surface area contributed by atoms with Gasteiger partial charge in [-0.05, 0) is 121 Å². The molecule has 0 aliphatic carbocycles. The van der Waals surface area contributed by atoms with E-state index in [0.717, 1.165) is 72.3 Å². The molecule has 7 aliphatic heterocycles. The lowest BCUT2D eigenvalue weighted by Gasteiger charge is -2.48. The molecule has 36 heteroatoms. The van der Waals surface area contributed by atoms with Gasteiger partial charge in [0.2, 0.25) is 53.4 Å². The third-order valence-corrected chi connectivity index (χ3v) is 19.9. The van der Waals surface area contributed by atoms with Crippen LogP contribution in [-0.4, -0.2) is 191 Å². The van der Waals surface area contributed by atoms with E-state index in [-0.39, 0.29) is 52.8 Å². The van der Waals surface area contributed by atoms with Crippen molar-refractivity contribution in [2.45, 2.75) is 163 Å². The lowest BCUT2D eigenvalue weighted by molar-refractivity contribution is -0.334. The first-order chi connectivity index (χ1) is 51.6. The van der Waals surface area contributed by atoms with Crippen LogP contribution in [0.4, 0.5) is 0 Å². The number of methoxy groups -OCH3 is 1. The number of carbonyl (C=O) groups excluding carboxylic acids is 7. The second-order valence-electron chi connectivity index (χ2n) is 27.6. The number of primary amides is 1. The number of phenolic OH excluding ortho intramolecular Hbond substituents is 3. The second kappa shape index (κ2) is 33.0. The number of amides is 7. The number of hydrogen-bond acceptors (Lipinski definition) is 26. The maximum absolute atomic E-state index is 16.1. The van der Waals surface area contributed by atoms with Crippen LogP contribution < -0.4 is 67.6 Å². The zero-order chi connectivity index (χ0) is 78.9. The molecule has 2 fully saturated rings. The molecular formula is C73H81Cl2N9O25. The standard InChI is InChI=1S/C73H81Cl2N9O25/c1-28(2)16-41(76)65(95)83-56-58(90)32-9-14-45(39(74)18-32)105-47-20-34-21-48(62(47)109-72-63(61(93)60(92)49(27-85)107-72)108-51-25-73(4,64(94)29(3)104-51)78-26-30-6-11-36(103-5)12-7-30)106-46-15-10-33(19-40(46)75)59(91)57-70(100)82-55(71(101)102)38-22-35(86)23-44(88)52(38)37-17-31(8-13-43(37)87)53(67(97)84-57)81-68(98)54(34)80-66(96)42(24-50(77)89)79-69(56)99/h6-15,17-23,28-29,41-42,49,51,53-61,63-64,72,78,85-88,90-94H,16,24-27,76H2,1-5H3,(H2,77,89)(H,79,99)(H,80,96)(H,81,98)(H,82,100)(H,83,95)(H,84,97)(H,101,102)/t29-,41+,42-,49+,51-,53+,54+,55-,56+,57-,58+,59+,60+,61-,63+,64+,72-,73-/m0/s1. The molecule has 2 saturated heterocycles. The monoisotopic (exact) mass is 1550 g/mol. The fourth-order valence-corrected chi connectivity index (χ4v) is 13.9. The molecule has 7 amide bonds. The van der Waals surface area contributed by atoms with Gasteiger partial charge < -0.3 is 133 Å². The van der Waals surface area contributed by atoms with Gasteiger partial charge in [-0.15, -0.1) is 0 Å². The Morgan fingerprint density at radius 2 is 1.31 bits per heavy atom. The summed E-state index contributed by atoms with van der Waals surface area (Å²) >= 11 is 14.2. The van der Waals surface area contributed by atoms with Crippen LogP contribution in [0.3, 0.4) is 0 Å². The minimum absolute atomic E-state index is 0.0703. The zero-order valence-electron chi connectivity index (χ0n) is 58.7. The first kappa shape index (κ1) is 79.9. The number of aromatic hydroxyl groups is 3. The summed E-state index contributed by atoms with van der Waals surface area (Å²) in [7, 11) is 1.52. The summed E-state index contributed by atoms with van der Waals surface area (Å²) in [6.45, 7) is 6.00. The molecule has 34 nitrogen and oxygen atoms in total. The van der Waals surface area contributed by atoms with Crippen LogP contribution in [0.2, 0.25) is 10.0 Å². The van der Waals surface area contributed by atoms with Crippen LogP contribution in [0.15, 0.2) is 103 Å². The maximum atomic E-state index is 16.1. The predicted octanol–water partition coefficient (Wildman–Crippen LogP) is 1.69. The molecule has 13 rings (SSSR count). The van der Waals surface area contributed by atoms with Crippen LogP contribution in [0.1, 0.15) is 111 Å². The smallest absolute Gasteiger partial charge is 0.330 e. The molecule has 582 valence electrons. The van der Waals surface area contributed by atoms with Gasteiger partial charge in [-0.25, -0.2) is 4.79 Å². The van der Waals surface area contributed by atoms with Gasteiger partial charge in [0.25, 0.3) is 0 Å². The Kier molecular flexibility index (Phi) is 24.1. The third-order valence-electron chi connectivity index (χ3n) is 19.3. The Morgan fingerprint density at radius 3 is 1.92 bits per heavy atom. The largest absolute Gasteiger partial charge is 0.508 e. The molecule has 109 heavy (non-hydrogen) atoms. The number of nitrogens with two attached hydrogens (primary N) is 2. The molecule has 11 bridgehead atoms. The highest BCUT2D eigenvalue weighted by Gasteiger charge is 2.52. The molecule has 0 unspecified atom stereocenters. The molecule has 6 aromatic carbocycles. The second-order valence-corrected chi connectivity index (χ2v) is 28.4. The Balaban J connectivity index is 1.13. The van der Waals surface area contributed by atoms with E-state index < -0.39 is 237 Å². The molecule has 0 radical (unpaired) electrons. The van der Waals surface area contributed by atoms with E-state index in [4.69, 9.17) is 67.8 Å². The fraction of sp³-hybridized carbons (Fsp3) is 0.397. The van der Waals surface area contributed by atoms with Crippen molar-refractivity contribution in [3.63, 3.8) is 0 Å². The Labute approximate surface area is 630 Å². The topological polar surface area (TPSA) is 540 Å². The number of phenols is 3. The number of fused-ring (bicyclic) bond motifs is 15. The van der Waals surface area contributed by atoms with E-state index in [2.05, 4.69) is 37.2 Å². The van der Waals surface area contributed by atoms with Gasteiger partial charge in [0.15, 0.2) is 29.9 Å². The lowest BCUT2D eigenvalue weighted by Crippen LogP contribution is -2.65. The van der Waals surface area contributed by atoms with Crippen LogP contribution >= 0.6 is 23.2 Å². The van der Waals surface area contributed by atoms with Crippen molar-refractivity contribution in [2.24, 2.45) is 17.4 Å². The predicted molar refractivity (Wildman–Crippen MR) is 380 cm³/mol. The minimum atomic E-state index is -2.36. The summed E-state index contributed by atoms with van der Waals surface area (Å²) in [4.78, 5) is 117. The Morgan fingerprint density at radius 1 is 0.697 bits per heavy atom. The van der Waals surface area contributed by atoms with Gasteiger partial charge >= 0.3 is 5.97 Å². The van der Waals surface area contributed by atoms with Gasteiger partial charge in [0, 0.05) is 41.3 Å². The summed E-state index contributed by atoms with van der Waals surface area (Å²) in [5, 5.41) is 133. The van der Waals surface area contributed by atoms with Crippen LogP contribution in [-0.2, 0) is 59.1 Å². The lowest BCUT2D eigenvalue weighted by atomic mass is 9.84. The van der Waals surface area contributed by atoms with Crippen molar-refractivity contribution in [2.75, 3.05) is 13.7 Å². The number of aliphatic hydroxyl groups is 6. The molecule has 0 aromatic heterocycles. The highest BCUT2D eigenvalue weighted by molar-refractivity contribution is 6.32. The van der Waals surface area contributed by atoms with Gasteiger partial charge in [-0.2, -0.15) is 0 Å².